The standard InChI is InChI=1S/C37H56N4O5/c1-23(2)31(39(8)36(44)33(24(3)4)38-34(42)29-16-11-12-20-40(29)25(5)6)22-26(7)35(43)41-21-13-17-30(41)37(45)46-32-19-18-27-14-9-10-15-28(27)32/h9-10,14-15,22-25,29-33H,11-13,16-21H2,1-8H3,(H,38,42)/b26-22+/t29?,30-,31+,32?,33-/m0/s1. The number of carbonyl (C=O) groups is 4. The minimum absolute atomic E-state index is 0.0109. The molecule has 0 spiro atoms. The maximum Gasteiger partial charge on any atom is 0.329 e. The second-order valence-corrected chi connectivity index (χ2v) is 14.4. The van der Waals surface area contributed by atoms with Crippen LogP contribution in [0.1, 0.15) is 104 Å². The van der Waals surface area contributed by atoms with E-state index in [0.29, 0.717) is 18.5 Å². The summed E-state index contributed by atoms with van der Waals surface area (Å²) < 4.78 is 5.97. The van der Waals surface area contributed by atoms with Crippen molar-refractivity contribution in [2.75, 3.05) is 20.1 Å². The Morgan fingerprint density at radius 3 is 2.28 bits per heavy atom. The average Bonchev–Trinajstić information content (AvgIpc) is 3.68. The van der Waals surface area contributed by atoms with Gasteiger partial charge in [0, 0.05) is 25.2 Å². The van der Waals surface area contributed by atoms with Crippen molar-refractivity contribution in [3.05, 3.63) is 47.0 Å². The van der Waals surface area contributed by atoms with E-state index in [9.17, 15) is 19.2 Å². The topological polar surface area (TPSA) is 99.3 Å². The molecule has 1 aliphatic carbocycles. The van der Waals surface area contributed by atoms with Gasteiger partial charge in [-0.25, -0.2) is 4.79 Å². The van der Waals surface area contributed by atoms with E-state index >= 15 is 0 Å². The number of hydrogen-bond donors (Lipinski definition) is 1. The van der Waals surface area contributed by atoms with Crippen molar-refractivity contribution in [2.24, 2.45) is 11.8 Å². The Labute approximate surface area is 276 Å². The van der Waals surface area contributed by atoms with Gasteiger partial charge in [0.25, 0.3) is 0 Å². The second kappa shape index (κ2) is 15.6. The van der Waals surface area contributed by atoms with Gasteiger partial charge in [0.15, 0.2) is 0 Å². The molecule has 5 atom stereocenters. The molecule has 3 amide bonds. The molecule has 2 unspecified atom stereocenters. The first kappa shape index (κ1) is 35.7. The lowest BCUT2D eigenvalue weighted by Crippen LogP contribution is -2.58. The first-order valence-electron chi connectivity index (χ1n) is 17.4. The third kappa shape index (κ3) is 8.01. The van der Waals surface area contributed by atoms with Gasteiger partial charge in [0.2, 0.25) is 17.7 Å². The molecule has 0 saturated carbocycles. The van der Waals surface area contributed by atoms with E-state index in [2.05, 4.69) is 30.1 Å². The highest BCUT2D eigenvalue weighted by Crippen LogP contribution is 2.35. The lowest BCUT2D eigenvalue weighted by molar-refractivity contribution is -0.157. The van der Waals surface area contributed by atoms with Crippen LogP contribution in [-0.4, -0.2) is 88.7 Å². The summed E-state index contributed by atoms with van der Waals surface area (Å²) >= 11 is 0. The van der Waals surface area contributed by atoms with Gasteiger partial charge in [0.05, 0.1) is 12.1 Å². The van der Waals surface area contributed by atoms with Crippen molar-refractivity contribution in [2.45, 2.75) is 130 Å². The summed E-state index contributed by atoms with van der Waals surface area (Å²) in [4.78, 5) is 60.1. The van der Waals surface area contributed by atoms with Crippen LogP contribution in [-0.2, 0) is 30.3 Å². The van der Waals surface area contributed by atoms with E-state index in [-0.39, 0.29) is 59.8 Å². The number of likely N-dealkylation sites (N-methyl/N-ethyl adjacent to an activating group) is 1. The fourth-order valence-corrected chi connectivity index (χ4v) is 7.40. The van der Waals surface area contributed by atoms with Crippen LogP contribution in [0.25, 0.3) is 0 Å². The van der Waals surface area contributed by atoms with Crippen molar-refractivity contribution in [3.63, 3.8) is 0 Å². The van der Waals surface area contributed by atoms with E-state index < -0.39 is 12.1 Å². The average molecular weight is 637 g/mol. The number of nitrogens with zero attached hydrogens (tertiary/aromatic N) is 3. The molecule has 0 radical (unpaired) electrons. The molecule has 46 heavy (non-hydrogen) atoms. The molecule has 2 fully saturated rings. The third-order valence-electron chi connectivity index (χ3n) is 10.1. The Morgan fingerprint density at radius 1 is 0.913 bits per heavy atom. The summed E-state index contributed by atoms with van der Waals surface area (Å²) in [6, 6.07) is 6.39. The molecule has 2 heterocycles. The van der Waals surface area contributed by atoms with Crippen molar-refractivity contribution < 1.29 is 23.9 Å². The molecular formula is C37H56N4O5. The van der Waals surface area contributed by atoms with Crippen molar-refractivity contribution in [1.82, 2.24) is 20.0 Å². The van der Waals surface area contributed by atoms with E-state index in [1.807, 2.05) is 52.0 Å². The Morgan fingerprint density at radius 2 is 1.61 bits per heavy atom. The quantitative estimate of drug-likeness (QED) is 0.270. The predicted molar refractivity (Wildman–Crippen MR) is 180 cm³/mol. The van der Waals surface area contributed by atoms with Gasteiger partial charge in [-0.15, -0.1) is 0 Å². The van der Waals surface area contributed by atoms with Gasteiger partial charge in [-0.3, -0.25) is 19.3 Å². The zero-order valence-electron chi connectivity index (χ0n) is 29.3. The van der Waals surface area contributed by atoms with Crippen LogP contribution in [0.4, 0.5) is 0 Å². The van der Waals surface area contributed by atoms with Gasteiger partial charge >= 0.3 is 5.97 Å². The smallest absolute Gasteiger partial charge is 0.329 e. The lowest BCUT2D eigenvalue weighted by atomic mass is 9.95. The first-order valence-corrected chi connectivity index (χ1v) is 17.4. The van der Waals surface area contributed by atoms with Crippen LogP contribution < -0.4 is 5.32 Å². The molecule has 1 N–H and O–H groups in total. The number of aryl methyl sites for hydroxylation is 1. The number of ether oxygens (including phenoxy) is 1. The first-order chi connectivity index (χ1) is 21.8. The summed E-state index contributed by atoms with van der Waals surface area (Å²) in [7, 11) is 1.75. The van der Waals surface area contributed by atoms with Crippen LogP contribution >= 0.6 is 0 Å². The zero-order valence-corrected chi connectivity index (χ0v) is 29.3. The SMILES string of the molecule is C/C(=C\[C@H](C(C)C)N(C)C(=O)[C@@H](NC(=O)C1CCCCN1C(C)C)C(C)C)C(=O)N1CCC[C@H]1C(=O)OC1CCc2ccccc21. The molecule has 1 aromatic rings. The minimum Gasteiger partial charge on any atom is -0.456 e. The number of esters is 1. The number of benzene rings is 1. The van der Waals surface area contributed by atoms with E-state index in [4.69, 9.17) is 4.74 Å². The Kier molecular flexibility index (Phi) is 12.1. The lowest BCUT2D eigenvalue weighted by Gasteiger charge is -2.39. The molecule has 1 aromatic carbocycles. The van der Waals surface area contributed by atoms with E-state index in [1.54, 1.807) is 23.8 Å². The largest absolute Gasteiger partial charge is 0.456 e. The van der Waals surface area contributed by atoms with Gasteiger partial charge < -0.3 is 19.9 Å². The molecule has 2 aliphatic heterocycles. The number of hydrogen-bond acceptors (Lipinski definition) is 6. The molecule has 0 bridgehead atoms. The van der Waals surface area contributed by atoms with Gasteiger partial charge in [-0.2, -0.15) is 0 Å². The van der Waals surface area contributed by atoms with E-state index in [1.165, 1.54) is 5.56 Å². The van der Waals surface area contributed by atoms with Crippen molar-refractivity contribution in [3.8, 4) is 0 Å². The summed E-state index contributed by atoms with van der Waals surface area (Å²) in [6.45, 7) is 15.3. The Bertz CT molecular complexity index is 1290. The molecule has 2 saturated heterocycles. The normalized spacial score (nSPS) is 23.4. The highest BCUT2D eigenvalue weighted by atomic mass is 16.5. The number of carbonyl (C=O) groups excluding carboxylic acids is 4. The van der Waals surface area contributed by atoms with Crippen LogP contribution in [0.15, 0.2) is 35.9 Å². The maximum atomic E-state index is 14.0. The van der Waals surface area contributed by atoms with Crippen LogP contribution in [0.5, 0.6) is 0 Å². The van der Waals surface area contributed by atoms with Crippen LogP contribution in [0.3, 0.4) is 0 Å². The summed E-state index contributed by atoms with van der Waals surface area (Å²) in [5.41, 5.74) is 2.76. The number of amides is 3. The molecule has 254 valence electrons. The summed E-state index contributed by atoms with van der Waals surface area (Å²) in [6.07, 6.45) is 7.38. The second-order valence-electron chi connectivity index (χ2n) is 14.4. The van der Waals surface area contributed by atoms with Crippen molar-refractivity contribution >= 4 is 23.7 Å². The zero-order chi connectivity index (χ0) is 33.7. The number of fused-ring (bicyclic) bond motifs is 1. The number of nitrogens with one attached hydrogen (secondary N) is 1. The summed E-state index contributed by atoms with van der Waals surface area (Å²) in [5.74, 6) is -0.931. The fraction of sp³-hybridized carbons (Fsp3) is 0.676. The monoisotopic (exact) mass is 636 g/mol. The van der Waals surface area contributed by atoms with Gasteiger partial charge in [-0.1, -0.05) is 64.5 Å². The summed E-state index contributed by atoms with van der Waals surface area (Å²) in [5, 5.41) is 3.10. The highest BCUT2D eigenvalue weighted by Gasteiger charge is 2.39. The minimum atomic E-state index is -0.683. The number of likely N-dealkylation sites (tertiary alicyclic amines) is 2. The molecule has 3 aliphatic rings. The molecule has 0 aromatic heterocycles. The van der Waals surface area contributed by atoms with Crippen molar-refractivity contribution in [1.29, 1.82) is 0 Å². The fourth-order valence-electron chi connectivity index (χ4n) is 7.40. The van der Waals surface area contributed by atoms with Gasteiger partial charge in [0.1, 0.15) is 18.2 Å². The van der Waals surface area contributed by atoms with E-state index in [0.717, 1.165) is 50.6 Å². The van der Waals surface area contributed by atoms with Crippen LogP contribution in [0.2, 0.25) is 0 Å². The molecule has 9 nitrogen and oxygen atoms in total. The molecule has 4 rings (SSSR count). The number of piperidine rings is 1. The highest BCUT2D eigenvalue weighted by molar-refractivity contribution is 5.96. The molecule has 9 heteroatoms. The molecular weight excluding hydrogens is 580 g/mol. The Balaban J connectivity index is 1.44. The maximum absolute atomic E-state index is 14.0. The van der Waals surface area contributed by atoms with Crippen LogP contribution in [0, 0.1) is 11.8 Å². The third-order valence-corrected chi connectivity index (χ3v) is 10.1. The Hall–Kier alpha value is -3.20. The predicted octanol–water partition coefficient (Wildman–Crippen LogP) is 5.04. The number of rotatable bonds is 11. The van der Waals surface area contributed by atoms with Gasteiger partial charge in [-0.05, 0) is 88.8 Å².